The predicted octanol–water partition coefficient (Wildman–Crippen LogP) is 4.24. The first kappa shape index (κ1) is 27.5. The fraction of sp³-hybridized carbons (Fsp3) is 0.214. The van der Waals surface area contributed by atoms with Crippen molar-refractivity contribution < 1.29 is 22.7 Å². The zero-order chi connectivity index (χ0) is 28.2. The number of fused-ring (bicyclic) bond motifs is 1. The number of nitrogens with one attached hydrogen (secondary N) is 2. The van der Waals surface area contributed by atoms with Crippen molar-refractivity contribution in [1.29, 1.82) is 0 Å². The van der Waals surface area contributed by atoms with Gasteiger partial charge in [0.1, 0.15) is 11.9 Å². The summed E-state index contributed by atoms with van der Waals surface area (Å²) in [5, 5.41) is 4.72. The van der Waals surface area contributed by atoms with Crippen molar-refractivity contribution in [2.24, 2.45) is 0 Å². The first-order valence-electron chi connectivity index (χ1n) is 12.3. The molecule has 0 saturated heterocycles. The lowest BCUT2D eigenvalue weighted by molar-refractivity contribution is -0.120. The Labute approximate surface area is 227 Å². The van der Waals surface area contributed by atoms with Gasteiger partial charge in [-0.3, -0.25) is 4.79 Å². The van der Waals surface area contributed by atoms with Gasteiger partial charge in [-0.2, -0.15) is 0 Å². The number of hydrogen-bond acceptors (Lipinski definition) is 9. The fourth-order valence-electron chi connectivity index (χ4n) is 4.01. The number of benzene rings is 3. The van der Waals surface area contributed by atoms with E-state index >= 15 is 0 Å². The molecule has 1 amide bonds. The largest absolute Gasteiger partial charge is 0.490 e. The standard InChI is InChI=1S/C28H31N5O5S/c1-4-37-25-15-19(8-11-24(25)38-17(2)3)26(28(34)33-39(35,36)22-7-5-6-20(29)16-22)32-21-9-10-23-18(14-21)12-13-31-27(23)30/h5-17,26,32H,4,29H2,1-3H3,(H2,30,31)(H,33,34). The molecule has 3 aromatic carbocycles. The van der Waals surface area contributed by atoms with Crippen molar-refractivity contribution in [2.75, 3.05) is 23.4 Å². The van der Waals surface area contributed by atoms with Crippen LogP contribution < -0.4 is 31.0 Å². The number of nitrogens with two attached hydrogens (primary N) is 2. The number of carbonyl (C=O) groups is 1. The van der Waals surface area contributed by atoms with Gasteiger partial charge in [-0.1, -0.05) is 12.1 Å². The van der Waals surface area contributed by atoms with Crippen molar-refractivity contribution in [3.63, 3.8) is 0 Å². The molecule has 0 saturated carbocycles. The molecule has 1 unspecified atom stereocenters. The van der Waals surface area contributed by atoms with Crippen molar-refractivity contribution in [3.8, 4) is 11.5 Å². The molecule has 0 bridgehead atoms. The van der Waals surface area contributed by atoms with Crippen LogP contribution >= 0.6 is 0 Å². The highest BCUT2D eigenvalue weighted by atomic mass is 32.2. The summed E-state index contributed by atoms with van der Waals surface area (Å²) in [5.41, 5.74) is 13.0. The lowest BCUT2D eigenvalue weighted by atomic mass is 10.0. The highest BCUT2D eigenvalue weighted by molar-refractivity contribution is 7.90. The second-order valence-corrected chi connectivity index (χ2v) is 10.7. The zero-order valence-electron chi connectivity index (χ0n) is 21.8. The van der Waals surface area contributed by atoms with Crippen LogP contribution in [-0.2, 0) is 14.8 Å². The van der Waals surface area contributed by atoms with Gasteiger partial charge in [-0.15, -0.1) is 0 Å². The smallest absolute Gasteiger partial charge is 0.264 e. The van der Waals surface area contributed by atoms with Crippen molar-refractivity contribution in [1.82, 2.24) is 9.71 Å². The Balaban J connectivity index is 1.74. The van der Waals surface area contributed by atoms with Crippen LogP contribution in [0, 0.1) is 0 Å². The molecule has 0 aliphatic heterocycles. The maximum absolute atomic E-state index is 13.6. The normalized spacial score (nSPS) is 12.2. The molecular weight excluding hydrogens is 518 g/mol. The van der Waals surface area contributed by atoms with Gasteiger partial charge in [0, 0.05) is 23.0 Å². The summed E-state index contributed by atoms with van der Waals surface area (Å²) in [4.78, 5) is 17.6. The summed E-state index contributed by atoms with van der Waals surface area (Å²) >= 11 is 0. The minimum atomic E-state index is -4.21. The van der Waals surface area contributed by atoms with Crippen molar-refractivity contribution in [3.05, 3.63) is 78.5 Å². The molecule has 0 aliphatic rings. The second-order valence-electron chi connectivity index (χ2n) is 9.06. The molecule has 0 fully saturated rings. The number of sulfonamides is 1. The third kappa shape index (κ3) is 6.50. The molecule has 0 aliphatic carbocycles. The zero-order valence-corrected chi connectivity index (χ0v) is 22.7. The summed E-state index contributed by atoms with van der Waals surface area (Å²) in [6.45, 7) is 5.99. The highest BCUT2D eigenvalue weighted by Gasteiger charge is 2.27. The predicted molar refractivity (Wildman–Crippen MR) is 152 cm³/mol. The second kappa shape index (κ2) is 11.5. The number of hydrogen-bond donors (Lipinski definition) is 4. The van der Waals surface area contributed by atoms with Crippen LogP contribution in [0.4, 0.5) is 17.2 Å². The van der Waals surface area contributed by atoms with Gasteiger partial charge < -0.3 is 26.3 Å². The Morgan fingerprint density at radius 2 is 1.79 bits per heavy atom. The Morgan fingerprint density at radius 1 is 1.00 bits per heavy atom. The van der Waals surface area contributed by atoms with Gasteiger partial charge in [0.05, 0.1) is 17.6 Å². The molecule has 4 rings (SSSR count). The van der Waals surface area contributed by atoms with Gasteiger partial charge in [0.2, 0.25) is 0 Å². The minimum absolute atomic E-state index is 0.102. The molecule has 10 nitrogen and oxygen atoms in total. The van der Waals surface area contributed by atoms with Crippen LogP contribution in [0.5, 0.6) is 11.5 Å². The molecular formula is C28H31N5O5S. The van der Waals surface area contributed by atoms with E-state index in [1.165, 1.54) is 18.2 Å². The van der Waals surface area contributed by atoms with E-state index in [2.05, 4.69) is 15.0 Å². The first-order chi connectivity index (χ1) is 18.6. The van der Waals surface area contributed by atoms with E-state index in [0.29, 0.717) is 35.2 Å². The Bertz CT molecular complexity index is 1610. The van der Waals surface area contributed by atoms with Gasteiger partial charge in [-0.05, 0) is 86.3 Å². The minimum Gasteiger partial charge on any atom is -0.490 e. The van der Waals surface area contributed by atoms with E-state index in [4.69, 9.17) is 20.9 Å². The van der Waals surface area contributed by atoms with E-state index < -0.39 is 22.0 Å². The SMILES string of the molecule is CCOc1cc(C(Nc2ccc3c(N)nccc3c2)C(=O)NS(=O)(=O)c2cccc(N)c2)ccc1OC(C)C. The van der Waals surface area contributed by atoms with Crippen LogP contribution in [-0.4, -0.2) is 32.0 Å². The maximum atomic E-state index is 13.6. The first-order valence-corrected chi connectivity index (χ1v) is 13.8. The number of anilines is 3. The molecule has 4 aromatic rings. The number of rotatable bonds is 10. The van der Waals surface area contributed by atoms with E-state index in [1.807, 2.05) is 20.8 Å². The number of nitrogen functional groups attached to an aromatic ring is 2. The summed E-state index contributed by atoms with van der Waals surface area (Å²) in [6, 6.07) is 16.8. The number of carbonyl (C=O) groups excluding carboxylic acids is 1. The van der Waals surface area contributed by atoms with E-state index in [9.17, 15) is 13.2 Å². The molecule has 1 atom stereocenters. The van der Waals surface area contributed by atoms with Crippen LogP contribution in [0.2, 0.25) is 0 Å². The molecule has 1 aromatic heterocycles. The third-order valence-corrected chi connectivity index (χ3v) is 7.08. The highest BCUT2D eigenvalue weighted by Crippen LogP contribution is 2.33. The average molecular weight is 550 g/mol. The number of nitrogens with zero attached hydrogens (tertiary/aromatic N) is 1. The Hall–Kier alpha value is -4.51. The van der Waals surface area contributed by atoms with Crippen LogP contribution in [0.15, 0.2) is 77.8 Å². The summed E-state index contributed by atoms with van der Waals surface area (Å²) in [6.07, 6.45) is 1.49. The lowest BCUT2D eigenvalue weighted by Crippen LogP contribution is -2.37. The van der Waals surface area contributed by atoms with Crippen LogP contribution in [0.25, 0.3) is 10.8 Å². The molecule has 39 heavy (non-hydrogen) atoms. The lowest BCUT2D eigenvalue weighted by Gasteiger charge is -2.22. The van der Waals surface area contributed by atoms with Crippen LogP contribution in [0.1, 0.15) is 32.4 Å². The van der Waals surface area contributed by atoms with Gasteiger partial charge in [0.15, 0.2) is 11.5 Å². The van der Waals surface area contributed by atoms with Gasteiger partial charge in [-0.25, -0.2) is 18.1 Å². The quantitative estimate of drug-likeness (QED) is 0.212. The topological polar surface area (TPSA) is 159 Å². The Kier molecular flexibility index (Phi) is 8.10. The monoisotopic (exact) mass is 549 g/mol. The van der Waals surface area contributed by atoms with E-state index in [1.54, 1.807) is 54.7 Å². The van der Waals surface area contributed by atoms with E-state index in [-0.39, 0.29) is 16.7 Å². The summed E-state index contributed by atoms with van der Waals surface area (Å²) in [7, 11) is -4.21. The molecule has 204 valence electrons. The molecule has 11 heteroatoms. The van der Waals surface area contributed by atoms with Crippen molar-refractivity contribution >= 4 is 43.9 Å². The molecule has 1 heterocycles. The number of amides is 1. The number of aromatic nitrogens is 1. The third-order valence-electron chi connectivity index (χ3n) is 5.74. The Morgan fingerprint density at radius 3 is 2.51 bits per heavy atom. The van der Waals surface area contributed by atoms with Crippen LogP contribution in [0.3, 0.4) is 0 Å². The number of ether oxygens (including phenoxy) is 2. The summed E-state index contributed by atoms with van der Waals surface area (Å²) in [5.74, 6) is 0.519. The van der Waals surface area contributed by atoms with Crippen molar-refractivity contribution in [2.45, 2.75) is 37.8 Å². The maximum Gasteiger partial charge on any atom is 0.264 e. The number of pyridine rings is 1. The van der Waals surface area contributed by atoms with E-state index in [0.717, 1.165) is 10.8 Å². The summed E-state index contributed by atoms with van der Waals surface area (Å²) < 4.78 is 39.9. The molecule has 0 radical (unpaired) electrons. The average Bonchev–Trinajstić information content (AvgIpc) is 2.88. The molecule has 6 N–H and O–H groups in total. The molecule has 0 spiro atoms. The van der Waals surface area contributed by atoms with Gasteiger partial charge >= 0.3 is 0 Å². The fourth-order valence-corrected chi connectivity index (χ4v) is 5.06. The van der Waals surface area contributed by atoms with Gasteiger partial charge in [0.25, 0.3) is 15.9 Å².